The molecule has 1 fully saturated rings. The number of benzene rings is 3. The summed E-state index contributed by atoms with van der Waals surface area (Å²) in [6, 6.07) is 23.0. The number of aromatic amines is 1. The molecule has 1 aromatic heterocycles. The lowest BCUT2D eigenvalue weighted by Crippen LogP contribution is -2.26. The van der Waals surface area contributed by atoms with Gasteiger partial charge in [0.15, 0.2) is 17.3 Å². The summed E-state index contributed by atoms with van der Waals surface area (Å²) in [7, 11) is 3.18. The molecule has 1 saturated carbocycles. The van der Waals surface area contributed by atoms with Crippen molar-refractivity contribution in [2.75, 3.05) is 26.1 Å². The zero-order valence-electron chi connectivity index (χ0n) is 19.5. The fourth-order valence-corrected chi connectivity index (χ4v) is 4.45. The summed E-state index contributed by atoms with van der Waals surface area (Å²) in [6.07, 6.45) is 2.20. The van der Waals surface area contributed by atoms with Gasteiger partial charge in [-0.3, -0.25) is 4.79 Å². The van der Waals surface area contributed by atoms with E-state index in [1.165, 1.54) is 6.33 Å². The Morgan fingerprint density at radius 2 is 1.80 bits per heavy atom. The van der Waals surface area contributed by atoms with Crippen LogP contribution in [-0.2, 0) is 10.2 Å². The number of amides is 1. The van der Waals surface area contributed by atoms with Crippen LogP contribution in [0, 0.1) is 5.92 Å². The van der Waals surface area contributed by atoms with Crippen LogP contribution in [-0.4, -0.2) is 41.9 Å². The maximum atomic E-state index is 13.4. The predicted molar refractivity (Wildman–Crippen MR) is 132 cm³/mol. The van der Waals surface area contributed by atoms with Gasteiger partial charge in [-0.15, -0.1) is 10.2 Å². The number of hydrogen-bond donors (Lipinski definition) is 2. The van der Waals surface area contributed by atoms with Gasteiger partial charge in [0.1, 0.15) is 12.1 Å². The van der Waals surface area contributed by atoms with E-state index in [1.54, 1.807) is 26.4 Å². The molecule has 0 aliphatic heterocycles. The van der Waals surface area contributed by atoms with Crippen LogP contribution in [0.5, 0.6) is 17.2 Å². The van der Waals surface area contributed by atoms with Gasteiger partial charge in [0, 0.05) is 17.0 Å². The molecule has 2 N–H and O–H groups in total. The number of aromatic nitrogens is 3. The van der Waals surface area contributed by atoms with Crippen molar-refractivity contribution in [1.29, 1.82) is 0 Å². The third-order valence-corrected chi connectivity index (χ3v) is 6.45. The molecule has 0 saturated heterocycles. The van der Waals surface area contributed by atoms with Crippen LogP contribution in [0.1, 0.15) is 12.0 Å². The van der Waals surface area contributed by atoms with Gasteiger partial charge in [-0.05, 0) is 36.2 Å². The number of hydrogen-bond acceptors (Lipinski definition) is 6. The summed E-state index contributed by atoms with van der Waals surface area (Å²) in [6.45, 7) is 0.355. The van der Waals surface area contributed by atoms with E-state index in [4.69, 9.17) is 14.2 Å². The predicted octanol–water partition coefficient (Wildman–Crippen LogP) is 4.46. The SMILES string of the molecule is COc1ccc(OCC2(c3ccccc3)CC2C(=O)Nc2ccccc2-c2nnc[nH]2)cc1OC. The first kappa shape index (κ1) is 22.5. The fourth-order valence-electron chi connectivity index (χ4n) is 4.45. The molecule has 2 unspecified atom stereocenters. The third kappa shape index (κ3) is 4.42. The number of anilines is 1. The molecule has 1 aliphatic rings. The maximum Gasteiger partial charge on any atom is 0.228 e. The molecule has 8 heteroatoms. The summed E-state index contributed by atoms with van der Waals surface area (Å²) >= 11 is 0. The summed E-state index contributed by atoms with van der Waals surface area (Å²) in [5.41, 5.74) is 2.11. The van der Waals surface area contributed by atoms with Gasteiger partial charge in [-0.1, -0.05) is 42.5 Å². The number of ether oxygens (including phenoxy) is 3. The minimum Gasteiger partial charge on any atom is -0.493 e. The van der Waals surface area contributed by atoms with E-state index in [-0.39, 0.29) is 11.8 Å². The maximum absolute atomic E-state index is 13.4. The molecule has 1 amide bonds. The van der Waals surface area contributed by atoms with Crippen LogP contribution in [0.3, 0.4) is 0 Å². The Balaban J connectivity index is 1.37. The number of nitrogens with one attached hydrogen (secondary N) is 2. The number of methoxy groups -OCH3 is 2. The summed E-state index contributed by atoms with van der Waals surface area (Å²) in [5, 5.41) is 11.0. The Kier molecular flexibility index (Phi) is 6.10. The molecule has 5 rings (SSSR count). The van der Waals surface area contributed by atoms with Gasteiger partial charge in [-0.25, -0.2) is 0 Å². The van der Waals surface area contributed by atoms with Gasteiger partial charge in [0.25, 0.3) is 0 Å². The minimum atomic E-state index is -0.431. The molecular formula is C27H26N4O4. The van der Waals surface area contributed by atoms with Gasteiger partial charge in [0.2, 0.25) is 5.91 Å². The van der Waals surface area contributed by atoms with Crippen molar-refractivity contribution in [1.82, 2.24) is 15.2 Å². The van der Waals surface area contributed by atoms with E-state index >= 15 is 0 Å². The highest BCUT2D eigenvalue weighted by Crippen LogP contribution is 2.55. The summed E-state index contributed by atoms with van der Waals surface area (Å²) in [4.78, 5) is 16.4. The van der Waals surface area contributed by atoms with Crippen molar-refractivity contribution < 1.29 is 19.0 Å². The lowest BCUT2D eigenvalue weighted by molar-refractivity contribution is -0.117. The van der Waals surface area contributed by atoms with Crippen molar-refractivity contribution in [3.63, 3.8) is 0 Å². The van der Waals surface area contributed by atoms with Crippen LogP contribution in [0.4, 0.5) is 5.69 Å². The third-order valence-electron chi connectivity index (χ3n) is 6.45. The lowest BCUT2D eigenvalue weighted by atomic mass is 9.93. The molecule has 8 nitrogen and oxygen atoms in total. The van der Waals surface area contributed by atoms with Gasteiger partial charge in [-0.2, -0.15) is 0 Å². The molecule has 0 radical (unpaired) electrons. The highest BCUT2D eigenvalue weighted by Gasteiger charge is 2.60. The van der Waals surface area contributed by atoms with Crippen LogP contribution in [0.2, 0.25) is 0 Å². The molecule has 178 valence electrons. The average molecular weight is 471 g/mol. The zero-order valence-corrected chi connectivity index (χ0v) is 19.5. The van der Waals surface area contributed by atoms with Crippen molar-refractivity contribution in [2.24, 2.45) is 5.92 Å². The molecule has 1 aliphatic carbocycles. The Morgan fingerprint density at radius 1 is 1.03 bits per heavy atom. The lowest BCUT2D eigenvalue weighted by Gasteiger charge is -2.20. The second kappa shape index (κ2) is 9.50. The van der Waals surface area contributed by atoms with Crippen molar-refractivity contribution in [3.8, 4) is 28.6 Å². The van der Waals surface area contributed by atoms with E-state index in [1.807, 2.05) is 60.7 Å². The number of carbonyl (C=O) groups excluding carboxylic acids is 1. The number of carbonyl (C=O) groups is 1. The van der Waals surface area contributed by atoms with E-state index < -0.39 is 5.41 Å². The second-order valence-electron chi connectivity index (χ2n) is 8.46. The Morgan fingerprint density at radius 3 is 2.54 bits per heavy atom. The molecule has 0 spiro atoms. The molecule has 2 atom stereocenters. The van der Waals surface area contributed by atoms with Crippen LogP contribution in [0.15, 0.2) is 79.1 Å². The topological polar surface area (TPSA) is 98.4 Å². The number of H-pyrrole nitrogens is 1. The fraction of sp³-hybridized carbons (Fsp3) is 0.222. The monoisotopic (exact) mass is 470 g/mol. The Hall–Kier alpha value is -4.33. The van der Waals surface area contributed by atoms with E-state index in [0.717, 1.165) is 11.1 Å². The first-order chi connectivity index (χ1) is 17.1. The van der Waals surface area contributed by atoms with Gasteiger partial charge in [0.05, 0.1) is 32.4 Å². The molecule has 35 heavy (non-hydrogen) atoms. The van der Waals surface area contributed by atoms with Crippen molar-refractivity contribution >= 4 is 11.6 Å². The second-order valence-corrected chi connectivity index (χ2v) is 8.46. The number of rotatable bonds is 9. The average Bonchev–Trinajstić information content (AvgIpc) is 3.40. The standard InChI is InChI=1S/C27H26N4O4/c1-33-23-13-12-19(14-24(23)34-2)35-16-27(18-8-4-3-5-9-18)15-21(27)26(32)30-22-11-7-6-10-20(22)25-28-17-29-31-25/h3-14,17,21H,15-16H2,1-2H3,(H,30,32)(H,28,29,31). The highest BCUT2D eigenvalue weighted by atomic mass is 16.5. The Labute approximate surface area is 203 Å². The number of para-hydroxylation sites is 1. The van der Waals surface area contributed by atoms with E-state index in [0.29, 0.717) is 41.8 Å². The van der Waals surface area contributed by atoms with E-state index in [9.17, 15) is 4.79 Å². The smallest absolute Gasteiger partial charge is 0.228 e. The molecular weight excluding hydrogens is 444 g/mol. The first-order valence-corrected chi connectivity index (χ1v) is 11.3. The molecule has 0 bridgehead atoms. The Bertz CT molecular complexity index is 1310. The highest BCUT2D eigenvalue weighted by molar-refractivity contribution is 5.99. The zero-order chi connectivity index (χ0) is 24.3. The quantitative estimate of drug-likeness (QED) is 0.375. The van der Waals surface area contributed by atoms with E-state index in [2.05, 4.69) is 20.5 Å². The van der Waals surface area contributed by atoms with Crippen molar-refractivity contribution in [2.45, 2.75) is 11.8 Å². The summed E-state index contributed by atoms with van der Waals surface area (Å²) < 4.78 is 16.9. The first-order valence-electron chi connectivity index (χ1n) is 11.3. The van der Waals surface area contributed by atoms with Gasteiger partial charge >= 0.3 is 0 Å². The van der Waals surface area contributed by atoms with Gasteiger partial charge < -0.3 is 24.5 Å². The molecule has 3 aromatic carbocycles. The normalized spacial score (nSPS) is 18.5. The van der Waals surface area contributed by atoms with Crippen LogP contribution in [0.25, 0.3) is 11.4 Å². The van der Waals surface area contributed by atoms with Crippen LogP contribution < -0.4 is 19.5 Å². The van der Waals surface area contributed by atoms with Crippen LogP contribution >= 0.6 is 0 Å². The molecule has 4 aromatic rings. The minimum absolute atomic E-state index is 0.0586. The molecule has 1 heterocycles. The number of nitrogens with zero attached hydrogens (tertiary/aromatic N) is 2. The largest absolute Gasteiger partial charge is 0.493 e. The summed E-state index contributed by atoms with van der Waals surface area (Å²) in [5.74, 6) is 2.17. The van der Waals surface area contributed by atoms with Crippen molar-refractivity contribution in [3.05, 3.63) is 84.7 Å².